The van der Waals surface area contributed by atoms with Crippen molar-refractivity contribution in [3.8, 4) is 0 Å². The third-order valence-electron chi connectivity index (χ3n) is 4.73. The van der Waals surface area contributed by atoms with Gasteiger partial charge in [0.25, 0.3) is 5.91 Å². The molecule has 0 N–H and O–H groups in total. The van der Waals surface area contributed by atoms with E-state index in [9.17, 15) is 4.79 Å². The highest BCUT2D eigenvalue weighted by atomic mass is 35.5. The molecule has 0 saturated carbocycles. The van der Waals surface area contributed by atoms with E-state index in [-0.39, 0.29) is 18.6 Å². The third kappa shape index (κ3) is 4.67. The van der Waals surface area contributed by atoms with Gasteiger partial charge in [0.15, 0.2) is 0 Å². The van der Waals surface area contributed by atoms with Gasteiger partial charge in [0.1, 0.15) is 6.17 Å². The predicted octanol–water partition coefficient (Wildman–Crippen LogP) is 5.37. The second kappa shape index (κ2) is 8.78. The van der Waals surface area contributed by atoms with Crippen LogP contribution in [0.5, 0.6) is 0 Å². The molecule has 0 aromatic heterocycles. The van der Waals surface area contributed by atoms with Crippen LogP contribution in [0.2, 0.25) is 10.0 Å². The minimum Gasteiger partial charge on any atom is -0.271 e. The van der Waals surface area contributed by atoms with Gasteiger partial charge < -0.3 is 0 Å². The summed E-state index contributed by atoms with van der Waals surface area (Å²) in [5.74, 6) is -0.0656. The highest BCUT2D eigenvalue weighted by molar-refractivity contribution is 6.31. The molecule has 1 aliphatic heterocycles. The molecule has 1 atom stereocenters. The molecule has 1 amide bonds. The summed E-state index contributed by atoms with van der Waals surface area (Å²) in [4.78, 5) is 14.9. The summed E-state index contributed by atoms with van der Waals surface area (Å²) in [5, 5.41) is 7.28. The number of benzene rings is 3. The van der Waals surface area contributed by atoms with E-state index in [2.05, 4.69) is 22.1 Å². The average molecular weight is 424 g/mol. The van der Waals surface area contributed by atoms with Gasteiger partial charge in [0.05, 0.1) is 12.8 Å². The highest BCUT2D eigenvalue weighted by Gasteiger charge is 2.39. The fraction of sp³-hybridized carbons (Fsp3) is 0.130. The van der Waals surface area contributed by atoms with Crippen LogP contribution in [0.1, 0.15) is 22.9 Å². The number of hydrogen-bond acceptors (Lipinski definition) is 3. The molecule has 4 rings (SSSR count). The maximum absolute atomic E-state index is 12.8. The normalized spacial score (nSPS) is 17.4. The van der Waals surface area contributed by atoms with Crippen LogP contribution in [0.15, 0.2) is 84.0 Å². The maximum atomic E-state index is 12.8. The van der Waals surface area contributed by atoms with Gasteiger partial charge in [-0.2, -0.15) is 5.10 Å². The summed E-state index contributed by atoms with van der Waals surface area (Å²) in [6.07, 6.45) is 1.32. The zero-order valence-corrected chi connectivity index (χ0v) is 17.1. The van der Waals surface area contributed by atoms with Crippen molar-refractivity contribution < 1.29 is 4.79 Å². The minimum absolute atomic E-state index is 0.0656. The van der Waals surface area contributed by atoms with E-state index in [4.69, 9.17) is 23.2 Å². The summed E-state index contributed by atoms with van der Waals surface area (Å²) in [6.45, 7) is 0.909. The largest absolute Gasteiger partial charge is 0.271 e. The van der Waals surface area contributed by atoms with Gasteiger partial charge in [-0.15, -0.1) is 0 Å². The summed E-state index contributed by atoms with van der Waals surface area (Å²) >= 11 is 12.3. The molecular formula is C23H19Cl2N3O. The molecule has 1 unspecified atom stereocenters. The summed E-state index contributed by atoms with van der Waals surface area (Å²) < 4.78 is 0. The molecule has 1 fully saturated rings. The van der Waals surface area contributed by atoms with Gasteiger partial charge in [0, 0.05) is 16.6 Å². The molecule has 3 aromatic rings. The molecule has 0 bridgehead atoms. The molecule has 6 heteroatoms. The zero-order chi connectivity index (χ0) is 20.2. The molecule has 0 aliphatic carbocycles. The molecule has 29 heavy (non-hydrogen) atoms. The number of hydrazone groups is 1. The van der Waals surface area contributed by atoms with Crippen molar-refractivity contribution in [1.29, 1.82) is 0 Å². The van der Waals surface area contributed by atoms with E-state index in [1.54, 1.807) is 12.3 Å². The van der Waals surface area contributed by atoms with Gasteiger partial charge in [-0.1, -0.05) is 77.8 Å². The van der Waals surface area contributed by atoms with E-state index in [1.807, 2.05) is 60.7 Å². The molecule has 3 aromatic carbocycles. The lowest BCUT2D eigenvalue weighted by Crippen LogP contribution is -2.28. The first kappa shape index (κ1) is 19.6. The first-order valence-corrected chi connectivity index (χ1v) is 10.0. The Hall–Kier alpha value is -2.66. The number of hydrogen-bond donors (Lipinski definition) is 0. The van der Waals surface area contributed by atoms with E-state index in [0.717, 1.165) is 16.7 Å². The molecule has 146 valence electrons. The van der Waals surface area contributed by atoms with Crippen LogP contribution in [-0.2, 0) is 11.3 Å². The van der Waals surface area contributed by atoms with E-state index >= 15 is 0 Å². The van der Waals surface area contributed by atoms with Crippen LogP contribution in [0.3, 0.4) is 0 Å². The number of amides is 1. The highest BCUT2D eigenvalue weighted by Crippen LogP contribution is 2.33. The zero-order valence-electron chi connectivity index (χ0n) is 15.6. The number of nitrogens with zero attached hydrogens (tertiary/aromatic N) is 3. The molecule has 4 nitrogen and oxygen atoms in total. The lowest BCUT2D eigenvalue weighted by Gasteiger charge is -2.27. The van der Waals surface area contributed by atoms with Crippen LogP contribution >= 0.6 is 23.2 Å². The van der Waals surface area contributed by atoms with Crippen molar-refractivity contribution in [2.75, 3.05) is 6.54 Å². The standard InChI is InChI=1S/C23H19Cl2N3O/c24-20-10-4-8-18(12-20)14-26-28-22(29)16-27(15-17-6-2-1-3-7-17)23(28)19-9-5-11-21(25)13-19/h1-14,23H,15-16H2. The van der Waals surface area contributed by atoms with Gasteiger partial charge in [-0.25, -0.2) is 5.01 Å². The van der Waals surface area contributed by atoms with Crippen molar-refractivity contribution in [1.82, 2.24) is 9.91 Å². The molecule has 0 spiro atoms. The molecule has 1 saturated heterocycles. The molecular weight excluding hydrogens is 405 g/mol. The second-order valence-electron chi connectivity index (χ2n) is 6.86. The summed E-state index contributed by atoms with van der Waals surface area (Å²) in [6, 6.07) is 25.0. The van der Waals surface area contributed by atoms with Crippen LogP contribution < -0.4 is 0 Å². The summed E-state index contributed by atoms with van der Waals surface area (Å²) in [5.41, 5.74) is 2.88. The first-order chi connectivity index (χ1) is 14.1. The van der Waals surface area contributed by atoms with Crippen molar-refractivity contribution in [3.05, 3.63) is 106 Å². The minimum atomic E-state index is -0.336. The Kier molecular flexibility index (Phi) is 5.95. The Bertz CT molecular complexity index is 1040. The first-order valence-electron chi connectivity index (χ1n) is 9.25. The lowest BCUT2D eigenvalue weighted by atomic mass is 10.1. The van der Waals surface area contributed by atoms with E-state index in [0.29, 0.717) is 16.6 Å². The maximum Gasteiger partial charge on any atom is 0.258 e. The van der Waals surface area contributed by atoms with Gasteiger partial charge in [-0.05, 0) is 41.0 Å². The predicted molar refractivity (Wildman–Crippen MR) is 117 cm³/mol. The number of halogens is 2. The Morgan fingerprint density at radius 3 is 2.38 bits per heavy atom. The van der Waals surface area contributed by atoms with Gasteiger partial charge in [-0.3, -0.25) is 9.69 Å². The molecule has 1 aliphatic rings. The quantitative estimate of drug-likeness (QED) is 0.517. The van der Waals surface area contributed by atoms with Crippen molar-refractivity contribution in [3.63, 3.8) is 0 Å². The van der Waals surface area contributed by atoms with E-state index < -0.39 is 0 Å². The fourth-order valence-corrected chi connectivity index (χ4v) is 3.84. The monoisotopic (exact) mass is 423 g/mol. The Morgan fingerprint density at radius 2 is 1.66 bits per heavy atom. The Labute approximate surface area is 180 Å². The fourth-order valence-electron chi connectivity index (χ4n) is 3.45. The van der Waals surface area contributed by atoms with Crippen molar-refractivity contribution in [2.45, 2.75) is 12.7 Å². The molecule has 1 heterocycles. The number of carbonyl (C=O) groups is 1. The topological polar surface area (TPSA) is 35.9 Å². The van der Waals surface area contributed by atoms with Crippen LogP contribution in [0.4, 0.5) is 0 Å². The van der Waals surface area contributed by atoms with Crippen LogP contribution in [0, 0.1) is 0 Å². The van der Waals surface area contributed by atoms with Crippen molar-refractivity contribution in [2.24, 2.45) is 5.10 Å². The number of rotatable bonds is 5. The Balaban J connectivity index is 1.67. The van der Waals surface area contributed by atoms with Crippen LogP contribution in [0.25, 0.3) is 0 Å². The average Bonchev–Trinajstić information content (AvgIpc) is 3.02. The SMILES string of the molecule is O=C1CN(Cc2ccccc2)C(c2cccc(Cl)c2)N1N=Cc1cccc(Cl)c1. The van der Waals surface area contributed by atoms with Gasteiger partial charge in [0.2, 0.25) is 0 Å². The Morgan fingerprint density at radius 1 is 0.931 bits per heavy atom. The van der Waals surface area contributed by atoms with Gasteiger partial charge >= 0.3 is 0 Å². The lowest BCUT2D eigenvalue weighted by molar-refractivity contribution is -0.128. The second-order valence-corrected chi connectivity index (χ2v) is 7.73. The number of carbonyl (C=O) groups excluding carboxylic acids is 1. The van der Waals surface area contributed by atoms with E-state index in [1.165, 1.54) is 5.01 Å². The van der Waals surface area contributed by atoms with Crippen molar-refractivity contribution >= 4 is 35.3 Å². The van der Waals surface area contributed by atoms with Crippen LogP contribution in [-0.4, -0.2) is 28.6 Å². The smallest absolute Gasteiger partial charge is 0.258 e. The summed E-state index contributed by atoms with van der Waals surface area (Å²) in [7, 11) is 0. The molecule has 0 radical (unpaired) electrons. The third-order valence-corrected chi connectivity index (χ3v) is 5.20.